The molecule has 2 atom stereocenters. The van der Waals surface area contributed by atoms with Crippen molar-refractivity contribution in [3.05, 3.63) is 29.0 Å². The van der Waals surface area contributed by atoms with Crippen LogP contribution in [-0.4, -0.2) is 35.7 Å². The van der Waals surface area contributed by atoms with Crippen LogP contribution in [-0.2, 0) is 0 Å². The van der Waals surface area contributed by atoms with Crippen molar-refractivity contribution >= 4 is 23.3 Å². The highest BCUT2D eigenvalue weighted by atomic mass is 35.5. The third kappa shape index (κ3) is 3.61. The van der Waals surface area contributed by atoms with Crippen LogP contribution in [0.4, 0.5) is 14.9 Å². The Morgan fingerprint density at radius 3 is 2.90 bits per heavy atom. The first kappa shape index (κ1) is 15.1. The third-order valence-electron chi connectivity index (χ3n) is 3.65. The van der Waals surface area contributed by atoms with Gasteiger partial charge in [0.05, 0.1) is 16.8 Å². The van der Waals surface area contributed by atoms with Crippen LogP contribution in [0.15, 0.2) is 18.2 Å². The molecule has 0 heterocycles. The average Bonchev–Trinajstić information content (AvgIpc) is 2.78. The molecule has 0 spiro atoms. The predicted molar refractivity (Wildman–Crippen MR) is 76.4 cm³/mol. The fourth-order valence-electron chi connectivity index (χ4n) is 2.47. The SMILES string of the molecule is CN(CC1CCCC1O)C(=O)Nc1ccc(F)cc1Cl. The first-order chi connectivity index (χ1) is 9.47. The molecule has 0 saturated heterocycles. The van der Waals surface area contributed by atoms with Crippen molar-refractivity contribution in [3.8, 4) is 0 Å². The molecule has 2 N–H and O–H groups in total. The number of hydrogen-bond donors (Lipinski definition) is 2. The van der Waals surface area contributed by atoms with Gasteiger partial charge in [-0.3, -0.25) is 0 Å². The van der Waals surface area contributed by atoms with Crippen LogP contribution >= 0.6 is 11.6 Å². The zero-order valence-corrected chi connectivity index (χ0v) is 12.0. The van der Waals surface area contributed by atoms with Gasteiger partial charge in [0.1, 0.15) is 5.82 Å². The quantitative estimate of drug-likeness (QED) is 0.901. The molecule has 1 aromatic carbocycles. The van der Waals surface area contributed by atoms with Crippen molar-refractivity contribution in [3.63, 3.8) is 0 Å². The molecule has 1 fully saturated rings. The monoisotopic (exact) mass is 300 g/mol. The number of hydrogen-bond acceptors (Lipinski definition) is 2. The van der Waals surface area contributed by atoms with Gasteiger partial charge in [0.25, 0.3) is 0 Å². The van der Waals surface area contributed by atoms with Gasteiger partial charge in [0, 0.05) is 19.5 Å². The van der Waals surface area contributed by atoms with E-state index in [4.69, 9.17) is 11.6 Å². The molecule has 0 bridgehead atoms. The van der Waals surface area contributed by atoms with Crippen LogP contribution < -0.4 is 5.32 Å². The Bertz CT molecular complexity index is 498. The van der Waals surface area contributed by atoms with E-state index in [0.717, 1.165) is 25.3 Å². The zero-order valence-electron chi connectivity index (χ0n) is 11.3. The summed E-state index contributed by atoms with van der Waals surface area (Å²) in [6.07, 6.45) is 2.38. The topological polar surface area (TPSA) is 52.6 Å². The van der Waals surface area contributed by atoms with Crippen molar-refractivity contribution in [1.29, 1.82) is 0 Å². The summed E-state index contributed by atoms with van der Waals surface area (Å²) in [5.41, 5.74) is 0.372. The van der Waals surface area contributed by atoms with E-state index in [0.29, 0.717) is 12.2 Å². The summed E-state index contributed by atoms with van der Waals surface area (Å²) < 4.78 is 12.9. The van der Waals surface area contributed by atoms with Crippen LogP contribution in [0.2, 0.25) is 5.02 Å². The maximum absolute atomic E-state index is 12.9. The van der Waals surface area contributed by atoms with Gasteiger partial charge in [-0.25, -0.2) is 9.18 Å². The van der Waals surface area contributed by atoms with Crippen LogP contribution in [0.25, 0.3) is 0 Å². The van der Waals surface area contributed by atoms with Crippen molar-refractivity contribution in [1.82, 2.24) is 4.90 Å². The smallest absolute Gasteiger partial charge is 0.321 e. The van der Waals surface area contributed by atoms with Crippen molar-refractivity contribution in [2.75, 3.05) is 18.9 Å². The minimum atomic E-state index is -0.449. The Labute approximate surface area is 122 Å². The minimum Gasteiger partial charge on any atom is -0.393 e. The number of aliphatic hydroxyl groups is 1. The van der Waals surface area contributed by atoms with Gasteiger partial charge in [-0.2, -0.15) is 0 Å². The molecule has 1 aliphatic rings. The lowest BCUT2D eigenvalue weighted by Gasteiger charge is -2.23. The molecule has 2 unspecified atom stereocenters. The standard InChI is InChI=1S/C14H18ClFN2O2/c1-18(8-9-3-2-4-13(9)19)14(20)17-12-6-5-10(16)7-11(12)15/h5-7,9,13,19H,2-4,8H2,1H3,(H,17,20). The molecule has 0 aliphatic heterocycles. The summed E-state index contributed by atoms with van der Waals surface area (Å²) in [4.78, 5) is 13.5. The number of anilines is 1. The lowest BCUT2D eigenvalue weighted by molar-refractivity contribution is 0.116. The summed E-state index contributed by atoms with van der Waals surface area (Å²) in [6.45, 7) is 0.492. The maximum Gasteiger partial charge on any atom is 0.321 e. The lowest BCUT2D eigenvalue weighted by atomic mass is 10.1. The van der Waals surface area contributed by atoms with Crippen molar-refractivity contribution in [2.24, 2.45) is 5.92 Å². The van der Waals surface area contributed by atoms with Gasteiger partial charge in [-0.1, -0.05) is 18.0 Å². The fraction of sp³-hybridized carbons (Fsp3) is 0.500. The maximum atomic E-state index is 12.9. The number of urea groups is 1. The molecule has 6 heteroatoms. The summed E-state index contributed by atoms with van der Waals surface area (Å²) in [7, 11) is 1.66. The van der Waals surface area contributed by atoms with Crippen molar-refractivity contribution < 1.29 is 14.3 Å². The van der Waals surface area contributed by atoms with Gasteiger partial charge < -0.3 is 15.3 Å². The minimum absolute atomic E-state index is 0.120. The van der Waals surface area contributed by atoms with Crippen molar-refractivity contribution in [2.45, 2.75) is 25.4 Å². The van der Waals surface area contributed by atoms with Gasteiger partial charge in [-0.15, -0.1) is 0 Å². The van der Waals surface area contributed by atoms with Gasteiger partial charge >= 0.3 is 6.03 Å². The van der Waals surface area contributed by atoms with E-state index in [1.807, 2.05) is 0 Å². The number of carbonyl (C=O) groups is 1. The fourth-order valence-corrected chi connectivity index (χ4v) is 2.68. The molecular formula is C14H18ClFN2O2. The van der Waals surface area contributed by atoms with E-state index in [2.05, 4.69) is 5.32 Å². The van der Waals surface area contributed by atoms with E-state index in [9.17, 15) is 14.3 Å². The van der Waals surface area contributed by atoms with E-state index >= 15 is 0 Å². The number of nitrogens with zero attached hydrogens (tertiary/aromatic N) is 1. The van der Waals surface area contributed by atoms with Gasteiger partial charge in [-0.05, 0) is 31.0 Å². The number of nitrogens with one attached hydrogen (secondary N) is 1. The second kappa shape index (κ2) is 6.41. The number of rotatable bonds is 3. The number of amides is 2. The van der Waals surface area contributed by atoms with E-state index < -0.39 is 5.82 Å². The second-order valence-corrected chi connectivity index (χ2v) is 5.60. The van der Waals surface area contributed by atoms with E-state index in [1.54, 1.807) is 7.05 Å². The Kier molecular flexibility index (Phi) is 4.83. The lowest BCUT2D eigenvalue weighted by Crippen LogP contribution is -2.37. The predicted octanol–water partition coefficient (Wildman–Crippen LogP) is 3.10. The Morgan fingerprint density at radius 2 is 2.30 bits per heavy atom. The van der Waals surface area contributed by atoms with Gasteiger partial charge in [0.2, 0.25) is 0 Å². The summed E-state index contributed by atoms with van der Waals surface area (Å²) in [5, 5.41) is 12.6. The van der Waals surface area contributed by atoms with Crippen LogP contribution in [0.3, 0.4) is 0 Å². The summed E-state index contributed by atoms with van der Waals surface area (Å²) in [5.74, 6) is -0.329. The van der Waals surface area contributed by atoms with Crippen LogP contribution in [0.5, 0.6) is 0 Å². The first-order valence-electron chi connectivity index (χ1n) is 6.62. The summed E-state index contributed by atoms with van der Waals surface area (Å²) >= 11 is 5.86. The largest absolute Gasteiger partial charge is 0.393 e. The highest BCUT2D eigenvalue weighted by molar-refractivity contribution is 6.33. The molecular weight excluding hydrogens is 283 g/mol. The molecule has 1 aromatic rings. The normalized spacial score (nSPS) is 21.8. The molecule has 2 rings (SSSR count). The molecule has 1 aliphatic carbocycles. The highest BCUT2D eigenvalue weighted by Crippen LogP contribution is 2.26. The molecule has 0 radical (unpaired) electrons. The van der Waals surface area contributed by atoms with Crippen LogP contribution in [0.1, 0.15) is 19.3 Å². The molecule has 4 nitrogen and oxygen atoms in total. The molecule has 20 heavy (non-hydrogen) atoms. The van der Waals surface area contributed by atoms with E-state index in [-0.39, 0.29) is 23.1 Å². The molecule has 1 saturated carbocycles. The summed E-state index contributed by atoms with van der Waals surface area (Å²) in [6, 6.07) is 3.49. The van der Waals surface area contributed by atoms with E-state index in [1.165, 1.54) is 17.0 Å². The zero-order chi connectivity index (χ0) is 14.7. The number of benzene rings is 1. The number of halogens is 2. The Balaban J connectivity index is 1.93. The number of aliphatic hydroxyl groups excluding tert-OH is 1. The van der Waals surface area contributed by atoms with Gasteiger partial charge in [0.15, 0.2) is 0 Å². The second-order valence-electron chi connectivity index (χ2n) is 5.19. The average molecular weight is 301 g/mol. The third-order valence-corrected chi connectivity index (χ3v) is 3.96. The molecule has 110 valence electrons. The molecule has 0 aromatic heterocycles. The number of carbonyl (C=O) groups excluding carboxylic acids is 1. The Hall–Kier alpha value is -1.33. The Morgan fingerprint density at radius 1 is 1.55 bits per heavy atom. The van der Waals surface area contributed by atoms with Crippen LogP contribution in [0, 0.1) is 11.7 Å². The highest BCUT2D eigenvalue weighted by Gasteiger charge is 2.27. The molecule has 2 amide bonds. The first-order valence-corrected chi connectivity index (χ1v) is 7.00.